The molecule has 0 aromatic heterocycles. The van der Waals surface area contributed by atoms with Crippen molar-refractivity contribution < 1.29 is 19.1 Å². The normalized spacial score (nSPS) is 16.9. The van der Waals surface area contributed by atoms with Gasteiger partial charge in [-0.05, 0) is 38.5 Å². The molecular weight excluding hydrogens is 352 g/mol. The summed E-state index contributed by atoms with van der Waals surface area (Å²) in [5, 5.41) is 3.11. The lowest BCUT2D eigenvalue weighted by molar-refractivity contribution is -0.139. The average molecular weight is 376 g/mol. The number of hydrogen-bond donors (Lipinski definition) is 2. The Kier molecular flexibility index (Phi) is 6.74. The van der Waals surface area contributed by atoms with Crippen molar-refractivity contribution in [3.8, 4) is 0 Å². The summed E-state index contributed by atoms with van der Waals surface area (Å²) in [6, 6.07) is 7.63. The lowest BCUT2D eigenvalue weighted by Crippen LogP contribution is -2.32. The second-order valence-electron chi connectivity index (χ2n) is 5.78. The zero-order valence-electron chi connectivity index (χ0n) is 15.6. The van der Waals surface area contributed by atoms with Crippen LogP contribution in [0.1, 0.15) is 32.3 Å². The Balaban J connectivity index is 2.64. The van der Waals surface area contributed by atoms with Gasteiger partial charge in [0.05, 0.1) is 30.8 Å². The Labute approximate surface area is 158 Å². The predicted octanol–water partition coefficient (Wildman–Crippen LogP) is 3.35. The molecule has 2 N–H and O–H groups in total. The maximum Gasteiger partial charge on any atom is 0.336 e. The van der Waals surface area contributed by atoms with Crippen LogP contribution in [-0.2, 0) is 19.1 Å². The smallest absolute Gasteiger partial charge is 0.336 e. The number of dihydropyridines is 1. The first-order valence-corrected chi connectivity index (χ1v) is 9.50. The molecule has 1 atom stereocenters. The van der Waals surface area contributed by atoms with E-state index in [9.17, 15) is 9.59 Å². The van der Waals surface area contributed by atoms with E-state index >= 15 is 0 Å². The van der Waals surface area contributed by atoms with Gasteiger partial charge in [-0.3, -0.25) is 0 Å². The molecule has 1 unspecified atom stereocenters. The number of hydrogen-bond acceptors (Lipinski definition) is 7. The Bertz CT molecular complexity index is 771. The van der Waals surface area contributed by atoms with E-state index in [1.165, 1.54) is 19.1 Å². The van der Waals surface area contributed by atoms with Gasteiger partial charge in [0.1, 0.15) is 0 Å². The molecule has 0 aliphatic carbocycles. The van der Waals surface area contributed by atoms with Crippen LogP contribution in [-0.4, -0.2) is 31.9 Å². The van der Waals surface area contributed by atoms with Gasteiger partial charge in [-0.1, -0.05) is 24.1 Å². The molecule has 26 heavy (non-hydrogen) atoms. The van der Waals surface area contributed by atoms with Crippen LogP contribution < -0.4 is 10.0 Å². The summed E-state index contributed by atoms with van der Waals surface area (Å²) >= 11 is 1.47. The van der Waals surface area contributed by atoms with E-state index in [1.807, 2.05) is 30.5 Å². The molecule has 1 aliphatic heterocycles. The quantitative estimate of drug-likeness (QED) is 0.582. The number of esters is 2. The summed E-state index contributed by atoms with van der Waals surface area (Å²) in [6.07, 6.45) is 1.93. The standard InChI is InChI=1S/C19H24N2O4S/c1-6-25-19(23)16-12(3)20-11(2)15(18(22)24-4)17(16)13-8-7-9-14(10-13)21-26-5/h7-10,17,20-21H,6H2,1-5H3. The fourth-order valence-electron chi connectivity index (χ4n) is 3.09. The maximum atomic E-state index is 12.7. The SMILES string of the molecule is CCOC(=O)C1=C(C)NC(C)=C(C(=O)OC)C1c1cccc(NSC)c1. The second-order valence-corrected chi connectivity index (χ2v) is 6.39. The third kappa shape index (κ3) is 4.04. The van der Waals surface area contributed by atoms with Gasteiger partial charge in [-0.2, -0.15) is 0 Å². The van der Waals surface area contributed by atoms with Crippen LogP contribution in [0.4, 0.5) is 5.69 Å². The lowest BCUT2D eigenvalue weighted by atomic mass is 9.80. The van der Waals surface area contributed by atoms with Crippen molar-refractivity contribution in [2.75, 3.05) is 24.7 Å². The number of benzene rings is 1. The number of rotatable bonds is 6. The fraction of sp³-hybridized carbons (Fsp3) is 0.368. The molecule has 140 valence electrons. The van der Waals surface area contributed by atoms with E-state index in [0.29, 0.717) is 22.5 Å². The Morgan fingerprint density at radius 3 is 2.42 bits per heavy atom. The third-order valence-electron chi connectivity index (χ3n) is 4.10. The van der Waals surface area contributed by atoms with Gasteiger partial charge in [0.15, 0.2) is 0 Å². The van der Waals surface area contributed by atoms with Gasteiger partial charge in [-0.25, -0.2) is 9.59 Å². The Hall–Kier alpha value is -2.41. The summed E-state index contributed by atoms with van der Waals surface area (Å²) < 4.78 is 13.4. The monoisotopic (exact) mass is 376 g/mol. The van der Waals surface area contributed by atoms with Gasteiger partial charge in [0, 0.05) is 23.3 Å². The molecular formula is C19H24N2O4S. The number of carbonyl (C=O) groups excluding carboxylic acids is 2. The third-order valence-corrected chi connectivity index (χ3v) is 4.54. The van der Waals surface area contributed by atoms with Crippen LogP contribution in [0.3, 0.4) is 0 Å². The highest BCUT2D eigenvalue weighted by Gasteiger charge is 2.37. The molecule has 2 rings (SSSR count). The highest BCUT2D eigenvalue weighted by molar-refractivity contribution is 7.99. The summed E-state index contributed by atoms with van der Waals surface area (Å²) in [5.41, 5.74) is 3.85. The molecule has 0 saturated carbocycles. The lowest BCUT2D eigenvalue weighted by Gasteiger charge is -2.30. The first-order chi connectivity index (χ1) is 12.4. The van der Waals surface area contributed by atoms with Crippen molar-refractivity contribution in [1.82, 2.24) is 5.32 Å². The molecule has 0 amide bonds. The van der Waals surface area contributed by atoms with Crippen LogP contribution >= 0.6 is 11.9 Å². The molecule has 0 saturated heterocycles. The molecule has 0 spiro atoms. The van der Waals surface area contributed by atoms with E-state index in [2.05, 4.69) is 10.0 Å². The van der Waals surface area contributed by atoms with E-state index < -0.39 is 17.9 Å². The van der Waals surface area contributed by atoms with E-state index in [0.717, 1.165) is 11.3 Å². The van der Waals surface area contributed by atoms with Gasteiger partial charge in [0.2, 0.25) is 0 Å². The molecule has 0 fully saturated rings. The van der Waals surface area contributed by atoms with Crippen molar-refractivity contribution in [3.05, 3.63) is 52.4 Å². The fourth-order valence-corrected chi connectivity index (χ4v) is 3.45. The minimum Gasteiger partial charge on any atom is -0.466 e. The van der Waals surface area contributed by atoms with Crippen LogP contribution in [0.2, 0.25) is 0 Å². The molecule has 1 heterocycles. The minimum atomic E-state index is -0.564. The summed E-state index contributed by atoms with van der Waals surface area (Å²) in [6.45, 7) is 5.62. The number of nitrogens with one attached hydrogen (secondary N) is 2. The van der Waals surface area contributed by atoms with Gasteiger partial charge < -0.3 is 19.5 Å². The minimum absolute atomic E-state index is 0.257. The Morgan fingerprint density at radius 1 is 1.19 bits per heavy atom. The highest BCUT2D eigenvalue weighted by atomic mass is 32.2. The first kappa shape index (κ1) is 19.9. The summed E-state index contributed by atoms with van der Waals surface area (Å²) in [7, 11) is 1.33. The van der Waals surface area contributed by atoms with Crippen molar-refractivity contribution in [2.24, 2.45) is 0 Å². The van der Waals surface area contributed by atoms with Gasteiger partial charge in [-0.15, -0.1) is 0 Å². The van der Waals surface area contributed by atoms with Crippen molar-refractivity contribution in [3.63, 3.8) is 0 Å². The molecule has 6 nitrogen and oxygen atoms in total. The average Bonchev–Trinajstić information content (AvgIpc) is 2.61. The van der Waals surface area contributed by atoms with Crippen molar-refractivity contribution in [2.45, 2.75) is 26.7 Å². The number of ether oxygens (including phenoxy) is 2. The number of allylic oxidation sites excluding steroid dienone is 2. The topological polar surface area (TPSA) is 76.7 Å². The molecule has 1 aromatic carbocycles. The van der Waals surface area contributed by atoms with Crippen molar-refractivity contribution >= 4 is 29.6 Å². The molecule has 0 bridgehead atoms. The molecule has 0 radical (unpaired) electrons. The Morgan fingerprint density at radius 2 is 1.85 bits per heavy atom. The van der Waals surface area contributed by atoms with Gasteiger partial charge in [0.25, 0.3) is 0 Å². The van der Waals surface area contributed by atoms with Crippen LogP contribution in [0.5, 0.6) is 0 Å². The maximum absolute atomic E-state index is 12.7. The highest BCUT2D eigenvalue weighted by Crippen LogP contribution is 2.39. The number of carbonyl (C=O) groups is 2. The molecule has 1 aromatic rings. The van der Waals surface area contributed by atoms with E-state index in [-0.39, 0.29) is 6.61 Å². The van der Waals surface area contributed by atoms with E-state index in [1.54, 1.807) is 20.8 Å². The van der Waals surface area contributed by atoms with Crippen LogP contribution in [0.25, 0.3) is 0 Å². The largest absolute Gasteiger partial charge is 0.466 e. The number of anilines is 1. The first-order valence-electron chi connectivity index (χ1n) is 8.27. The predicted molar refractivity (Wildman–Crippen MR) is 104 cm³/mol. The van der Waals surface area contributed by atoms with Crippen LogP contribution in [0.15, 0.2) is 46.8 Å². The second kappa shape index (κ2) is 8.80. The summed E-state index contributed by atoms with van der Waals surface area (Å²) in [4.78, 5) is 25.1. The van der Waals surface area contributed by atoms with Crippen LogP contribution in [0, 0.1) is 0 Å². The van der Waals surface area contributed by atoms with Crippen molar-refractivity contribution in [1.29, 1.82) is 0 Å². The zero-order valence-corrected chi connectivity index (χ0v) is 16.5. The van der Waals surface area contributed by atoms with Gasteiger partial charge >= 0.3 is 11.9 Å². The number of methoxy groups -OCH3 is 1. The van der Waals surface area contributed by atoms with E-state index in [4.69, 9.17) is 9.47 Å². The molecule has 1 aliphatic rings. The zero-order chi connectivity index (χ0) is 19.3. The molecule has 7 heteroatoms. The summed E-state index contributed by atoms with van der Waals surface area (Å²) in [5.74, 6) is -1.48.